The molecule has 1 aromatic heterocycles. The van der Waals surface area contributed by atoms with Gasteiger partial charge in [-0.25, -0.2) is 4.39 Å². The Kier molecular flexibility index (Phi) is 8.28. The molecule has 0 spiro atoms. The number of halogens is 1. The fourth-order valence-electron chi connectivity index (χ4n) is 4.22. The van der Waals surface area contributed by atoms with E-state index in [-0.39, 0.29) is 30.2 Å². The van der Waals surface area contributed by atoms with E-state index in [9.17, 15) is 14.0 Å². The molecular formula is C27H31FN4O2S. The van der Waals surface area contributed by atoms with Gasteiger partial charge >= 0.3 is 0 Å². The Balaban J connectivity index is 1.26. The lowest BCUT2D eigenvalue weighted by molar-refractivity contribution is -0.124. The standard InChI is InChI=1S/C27H31FN4O2S/c1-19-5-3-6-23(20(19)2)29-25(33)17-31-12-14-32(15-13-31)18-26(34)30-27(24-7-4-16-35-24)21-8-10-22(28)11-9-21/h3-11,16,27H,12-15,17-18H2,1-2H3,(H,29,33)(H,30,34)/t27-/m0/s1. The van der Waals surface area contributed by atoms with Crippen LogP contribution in [0.2, 0.25) is 0 Å². The molecule has 1 saturated heterocycles. The highest BCUT2D eigenvalue weighted by molar-refractivity contribution is 7.10. The second-order valence-electron chi connectivity index (χ2n) is 8.92. The smallest absolute Gasteiger partial charge is 0.238 e. The number of piperazine rings is 1. The van der Waals surface area contributed by atoms with E-state index in [1.54, 1.807) is 23.5 Å². The van der Waals surface area contributed by atoms with E-state index in [0.29, 0.717) is 19.6 Å². The van der Waals surface area contributed by atoms with Crippen molar-refractivity contribution in [2.45, 2.75) is 19.9 Å². The Morgan fingerprint density at radius 2 is 1.57 bits per heavy atom. The normalized spacial score (nSPS) is 15.5. The van der Waals surface area contributed by atoms with Crippen molar-refractivity contribution in [2.75, 3.05) is 44.6 Å². The van der Waals surface area contributed by atoms with Crippen LogP contribution in [-0.2, 0) is 9.59 Å². The average molecular weight is 495 g/mol. The largest absolute Gasteiger partial charge is 0.343 e. The van der Waals surface area contributed by atoms with Crippen molar-refractivity contribution < 1.29 is 14.0 Å². The fraction of sp³-hybridized carbons (Fsp3) is 0.333. The van der Waals surface area contributed by atoms with Gasteiger partial charge in [-0.15, -0.1) is 11.3 Å². The maximum atomic E-state index is 13.4. The highest BCUT2D eigenvalue weighted by atomic mass is 32.1. The summed E-state index contributed by atoms with van der Waals surface area (Å²) in [6.07, 6.45) is 0. The zero-order valence-electron chi connectivity index (χ0n) is 20.1. The van der Waals surface area contributed by atoms with Gasteiger partial charge in [-0.1, -0.05) is 30.3 Å². The second-order valence-corrected chi connectivity index (χ2v) is 9.89. The van der Waals surface area contributed by atoms with Gasteiger partial charge in [-0.05, 0) is 60.2 Å². The summed E-state index contributed by atoms with van der Waals surface area (Å²) in [5, 5.41) is 8.09. The Morgan fingerprint density at radius 3 is 2.20 bits per heavy atom. The molecule has 6 nitrogen and oxygen atoms in total. The second kappa shape index (κ2) is 11.6. The molecule has 2 aromatic carbocycles. The summed E-state index contributed by atoms with van der Waals surface area (Å²) in [7, 11) is 0. The van der Waals surface area contributed by atoms with Crippen molar-refractivity contribution in [3.63, 3.8) is 0 Å². The molecule has 2 amide bonds. The fourth-order valence-corrected chi connectivity index (χ4v) is 5.03. The summed E-state index contributed by atoms with van der Waals surface area (Å²) in [5.41, 5.74) is 3.93. The number of thiophene rings is 1. The predicted octanol–water partition coefficient (Wildman–Crippen LogP) is 3.97. The molecule has 4 rings (SSSR count). The van der Waals surface area contributed by atoms with Gasteiger partial charge in [0.15, 0.2) is 0 Å². The van der Waals surface area contributed by atoms with E-state index < -0.39 is 0 Å². The first-order valence-electron chi connectivity index (χ1n) is 11.8. The van der Waals surface area contributed by atoms with Gasteiger partial charge in [-0.3, -0.25) is 19.4 Å². The van der Waals surface area contributed by atoms with Crippen LogP contribution in [0.4, 0.5) is 10.1 Å². The highest BCUT2D eigenvalue weighted by Crippen LogP contribution is 2.26. The lowest BCUT2D eigenvalue weighted by Crippen LogP contribution is -2.51. The number of nitrogens with zero attached hydrogens (tertiary/aromatic N) is 2. The molecule has 1 atom stereocenters. The first-order valence-corrected chi connectivity index (χ1v) is 12.7. The van der Waals surface area contributed by atoms with Crippen molar-refractivity contribution in [2.24, 2.45) is 0 Å². The predicted molar refractivity (Wildman–Crippen MR) is 138 cm³/mol. The van der Waals surface area contributed by atoms with E-state index in [4.69, 9.17) is 0 Å². The number of aryl methyl sites for hydroxylation is 1. The maximum absolute atomic E-state index is 13.4. The van der Waals surface area contributed by atoms with Crippen LogP contribution in [-0.4, -0.2) is 60.9 Å². The summed E-state index contributed by atoms with van der Waals surface area (Å²) >= 11 is 1.56. The van der Waals surface area contributed by atoms with Gasteiger partial charge < -0.3 is 10.6 Å². The van der Waals surface area contributed by atoms with Crippen LogP contribution in [0.15, 0.2) is 60.0 Å². The van der Waals surface area contributed by atoms with Crippen LogP contribution in [0.25, 0.3) is 0 Å². The van der Waals surface area contributed by atoms with Crippen LogP contribution in [0, 0.1) is 19.7 Å². The van der Waals surface area contributed by atoms with Crippen LogP contribution in [0.1, 0.15) is 27.6 Å². The Morgan fingerprint density at radius 1 is 0.914 bits per heavy atom. The van der Waals surface area contributed by atoms with Gasteiger partial charge in [0.2, 0.25) is 11.8 Å². The molecule has 2 N–H and O–H groups in total. The SMILES string of the molecule is Cc1cccc(NC(=O)CN2CCN(CC(=O)N[C@@H](c3ccc(F)cc3)c3cccs3)CC2)c1C. The quantitative estimate of drug-likeness (QED) is 0.498. The van der Waals surface area contributed by atoms with Crippen molar-refractivity contribution in [1.82, 2.24) is 15.1 Å². The van der Waals surface area contributed by atoms with Gasteiger partial charge in [0.25, 0.3) is 0 Å². The summed E-state index contributed by atoms with van der Waals surface area (Å²) in [6, 6.07) is 15.8. The van der Waals surface area contributed by atoms with Crippen LogP contribution in [0.3, 0.4) is 0 Å². The number of anilines is 1. The number of rotatable bonds is 8. The minimum atomic E-state index is -0.307. The Hall–Kier alpha value is -3.07. The first-order chi connectivity index (χ1) is 16.9. The molecule has 1 aliphatic rings. The van der Waals surface area contributed by atoms with Crippen LogP contribution in [0.5, 0.6) is 0 Å². The number of hydrogen-bond acceptors (Lipinski definition) is 5. The van der Waals surface area contributed by atoms with Crippen LogP contribution < -0.4 is 10.6 Å². The maximum Gasteiger partial charge on any atom is 0.238 e. The van der Waals surface area contributed by atoms with Gasteiger partial charge in [0.05, 0.1) is 19.1 Å². The number of carbonyl (C=O) groups is 2. The third kappa shape index (κ3) is 6.75. The van der Waals surface area contributed by atoms with E-state index >= 15 is 0 Å². The summed E-state index contributed by atoms with van der Waals surface area (Å²) in [6.45, 7) is 7.52. The molecule has 8 heteroatoms. The zero-order valence-corrected chi connectivity index (χ0v) is 20.9. The Labute approximate surface area is 209 Å². The summed E-state index contributed by atoms with van der Waals surface area (Å²) in [5.74, 6) is -0.401. The molecule has 0 radical (unpaired) electrons. The minimum Gasteiger partial charge on any atom is -0.343 e. The van der Waals surface area contributed by atoms with Crippen molar-refractivity contribution in [3.8, 4) is 0 Å². The third-order valence-electron chi connectivity index (χ3n) is 6.41. The molecule has 1 aliphatic heterocycles. The van der Waals surface area contributed by atoms with Gasteiger partial charge in [0.1, 0.15) is 5.82 Å². The van der Waals surface area contributed by atoms with Crippen LogP contribution >= 0.6 is 11.3 Å². The summed E-state index contributed by atoms with van der Waals surface area (Å²) < 4.78 is 13.4. The van der Waals surface area contributed by atoms with Crippen molar-refractivity contribution >= 4 is 28.8 Å². The topological polar surface area (TPSA) is 64.7 Å². The van der Waals surface area contributed by atoms with E-state index in [0.717, 1.165) is 40.3 Å². The number of hydrogen-bond donors (Lipinski definition) is 2. The number of amides is 2. The molecule has 184 valence electrons. The van der Waals surface area contributed by atoms with E-state index in [2.05, 4.69) is 20.4 Å². The van der Waals surface area contributed by atoms with Gasteiger partial charge in [-0.2, -0.15) is 0 Å². The molecule has 35 heavy (non-hydrogen) atoms. The molecular weight excluding hydrogens is 463 g/mol. The van der Waals surface area contributed by atoms with E-state index in [1.165, 1.54) is 12.1 Å². The molecule has 1 fully saturated rings. The molecule has 0 saturated carbocycles. The van der Waals surface area contributed by atoms with E-state index in [1.807, 2.05) is 49.6 Å². The van der Waals surface area contributed by atoms with Crippen molar-refractivity contribution in [3.05, 3.63) is 87.4 Å². The number of benzene rings is 2. The summed E-state index contributed by atoms with van der Waals surface area (Å²) in [4.78, 5) is 30.6. The Bertz CT molecular complexity index is 1140. The average Bonchev–Trinajstić information content (AvgIpc) is 3.37. The molecule has 0 aliphatic carbocycles. The number of carbonyl (C=O) groups excluding carboxylic acids is 2. The highest BCUT2D eigenvalue weighted by Gasteiger charge is 2.23. The number of nitrogens with one attached hydrogen (secondary N) is 2. The molecule has 3 aromatic rings. The zero-order chi connectivity index (χ0) is 24.8. The van der Waals surface area contributed by atoms with Gasteiger partial charge in [0, 0.05) is 36.7 Å². The monoisotopic (exact) mass is 494 g/mol. The molecule has 0 unspecified atom stereocenters. The lowest BCUT2D eigenvalue weighted by Gasteiger charge is -2.34. The molecule has 2 heterocycles. The van der Waals surface area contributed by atoms with Crippen molar-refractivity contribution in [1.29, 1.82) is 0 Å². The molecule has 0 bridgehead atoms. The minimum absolute atomic E-state index is 0.0250. The first kappa shape index (κ1) is 25.0. The third-order valence-corrected chi connectivity index (χ3v) is 7.35. The lowest BCUT2D eigenvalue weighted by atomic mass is 10.1.